The normalized spacial score (nSPS) is 25.9. The zero-order chi connectivity index (χ0) is 17.3. The molecule has 128 valence electrons. The van der Waals surface area contributed by atoms with Crippen LogP contribution < -0.4 is 15.4 Å². The van der Waals surface area contributed by atoms with E-state index in [1.807, 2.05) is 0 Å². The Bertz CT molecular complexity index is 688. The second-order valence-electron chi connectivity index (χ2n) is 6.35. The Morgan fingerprint density at radius 2 is 2.04 bits per heavy atom. The van der Waals surface area contributed by atoms with Gasteiger partial charge in [-0.1, -0.05) is 6.42 Å². The molecular formula is C17H20N2O5. The lowest BCUT2D eigenvalue weighted by Gasteiger charge is -2.26. The van der Waals surface area contributed by atoms with Crippen LogP contribution in [0.2, 0.25) is 0 Å². The number of anilines is 2. The van der Waals surface area contributed by atoms with Crippen molar-refractivity contribution in [2.24, 2.45) is 11.8 Å². The van der Waals surface area contributed by atoms with Crippen LogP contribution in [0.3, 0.4) is 0 Å². The minimum absolute atomic E-state index is 0.183. The molecule has 1 aliphatic heterocycles. The third-order valence-electron chi connectivity index (χ3n) is 4.57. The molecule has 3 unspecified atom stereocenters. The molecule has 3 N–H and O–H groups in total. The lowest BCUT2D eigenvalue weighted by molar-refractivity contribution is -0.143. The van der Waals surface area contributed by atoms with E-state index in [2.05, 4.69) is 10.6 Å². The number of hydrogen-bond acceptors (Lipinski definition) is 4. The topological polar surface area (TPSA) is 105 Å². The van der Waals surface area contributed by atoms with Crippen LogP contribution in [0.4, 0.5) is 11.4 Å². The maximum Gasteiger partial charge on any atom is 0.306 e. The van der Waals surface area contributed by atoms with E-state index in [1.165, 1.54) is 0 Å². The molecule has 0 spiro atoms. The van der Waals surface area contributed by atoms with Gasteiger partial charge in [0.1, 0.15) is 5.75 Å². The molecule has 2 amide bonds. The van der Waals surface area contributed by atoms with Crippen LogP contribution in [0.5, 0.6) is 5.75 Å². The molecule has 0 aromatic heterocycles. The molecule has 3 atom stereocenters. The van der Waals surface area contributed by atoms with Gasteiger partial charge in [-0.25, -0.2) is 0 Å². The highest BCUT2D eigenvalue weighted by Gasteiger charge is 2.31. The van der Waals surface area contributed by atoms with Crippen molar-refractivity contribution in [3.63, 3.8) is 0 Å². The lowest BCUT2D eigenvalue weighted by Crippen LogP contribution is -2.34. The smallest absolute Gasteiger partial charge is 0.306 e. The van der Waals surface area contributed by atoms with Crippen molar-refractivity contribution in [1.29, 1.82) is 0 Å². The fraction of sp³-hybridized carbons (Fsp3) is 0.471. The molecule has 0 radical (unpaired) electrons. The summed E-state index contributed by atoms with van der Waals surface area (Å²) in [4.78, 5) is 35.2. The lowest BCUT2D eigenvalue weighted by atomic mass is 9.81. The van der Waals surface area contributed by atoms with Crippen molar-refractivity contribution in [2.45, 2.75) is 38.7 Å². The van der Waals surface area contributed by atoms with Crippen molar-refractivity contribution in [3.05, 3.63) is 18.2 Å². The number of hydrogen-bond donors (Lipinski definition) is 3. The van der Waals surface area contributed by atoms with Crippen LogP contribution >= 0.6 is 0 Å². The average molecular weight is 332 g/mol. The molecule has 1 aliphatic carbocycles. The number of benzene rings is 1. The van der Waals surface area contributed by atoms with Crippen molar-refractivity contribution in [3.8, 4) is 5.75 Å². The van der Waals surface area contributed by atoms with Crippen molar-refractivity contribution in [1.82, 2.24) is 0 Å². The first-order chi connectivity index (χ1) is 11.4. The minimum Gasteiger partial charge on any atom is -0.481 e. The van der Waals surface area contributed by atoms with Gasteiger partial charge in [0.2, 0.25) is 5.91 Å². The second kappa shape index (κ2) is 6.51. The number of carboxylic acid groups (broad SMARTS) is 1. The van der Waals surface area contributed by atoms with E-state index in [1.54, 1.807) is 25.1 Å². The summed E-state index contributed by atoms with van der Waals surface area (Å²) in [5.41, 5.74) is 1.07. The van der Waals surface area contributed by atoms with Gasteiger partial charge in [-0.15, -0.1) is 0 Å². The minimum atomic E-state index is -0.838. The number of rotatable bonds is 3. The third kappa shape index (κ3) is 3.34. The quantitative estimate of drug-likeness (QED) is 0.787. The van der Waals surface area contributed by atoms with E-state index >= 15 is 0 Å². The number of carboxylic acids is 1. The van der Waals surface area contributed by atoms with Gasteiger partial charge in [0, 0.05) is 11.6 Å². The fourth-order valence-electron chi connectivity index (χ4n) is 3.18. The van der Waals surface area contributed by atoms with Crippen LogP contribution in [-0.2, 0) is 14.4 Å². The standard InChI is InChI=1S/C17H20N2O5/c1-9-15(20)19-13-8-12(5-6-14(13)24-9)18-16(21)10-3-2-4-11(7-10)17(22)23/h5-6,8-11H,2-4,7H2,1H3,(H,18,21)(H,19,20)(H,22,23). The highest BCUT2D eigenvalue weighted by Crippen LogP contribution is 2.33. The predicted octanol–water partition coefficient (Wildman–Crippen LogP) is 2.24. The summed E-state index contributed by atoms with van der Waals surface area (Å²) in [5.74, 6) is -1.45. The first-order valence-corrected chi connectivity index (χ1v) is 8.09. The average Bonchev–Trinajstić information content (AvgIpc) is 2.56. The number of amides is 2. The molecule has 3 rings (SSSR count). The van der Waals surface area contributed by atoms with Gasteiger partial charge in [-0.2, -0.15) is 0 Å². The number of carbonyl (C=O) groups is 3. The molecule has 1 saturated carbocycles. The van der Waals surface area contributed by atoms with Gasteiger partial charge in [0.05, 0.1) is 11.6 Å². The Morgan fingerprint density at radius 3 is 2.79 bits per heavy atom. The number of nitrogens with one attached hydrogen (secondary N) is 2. The highest BCUT2D eigenvalue weighted by atomic mass is 16.5. The summed E-state index contributed by atoms with van der Waals surface area (Å²) < 4.78 is 5.47. The maximum atomic E-state index is 12.4. The zero-order valence-electron chi connectivity index (χ0n) is 13.4. The Balaban J connectivity index is 1.68. The van der Waals surface area contributed by atoms with Gasteiger partial charge in [0.25, 0.3) is 5.91 Å². The predicted molar refractivity (Wildman–Crippen MR) is 86.9 cm³/mol. The van der Waals surface area contributed by atoms with E-state index in [4.69, 9.17) is 9.84 Å². The largest absolute Gasteiger partial charge is 0.481 e. The zero-order valence-corrected chi connectivity index (χ0v) is 13.4. The van der Waals surface area contributed by atoms with E-state index < -0.39 is 18.0 Å². The molecule has 1 aromatic rings. The van der Waals surface area contributed by atoms with Gasteiger partial charge in [0.15, 0.2) is 6.10 Å². The van der Waals surface area contributed by atoms with E-state index in [9.17, 15) is 14.4 Å². The Hall–Kier alpha value is -2.57. The third-order valence-corrected chi connectivity index (χ3v) is 4.57. The molecule has 7 heteroatoms. The molecule has 0 bridgehead atoms. The van der Waals surface area contributed by atoms with E-state index in [0.717, 1.165) is 6.42 Å². The molecule has 7 nitrogen and oxygen atoms in total. The van der Waals surface area contributed by atoms with Gasteiger partial charge in [-0.3, -0.25) is 14.4 Å². The summed E-state index contributed by atoms with van der Waals surface area (Å²) in [6.07, 6.45) is 1.87. The summed E-state index contributed by atoms with van der Waals surface area (Å²) in [6, 6.07) is 5.05. The maximum absolute atomic E-state index is 12.4. The van der Waals surface area contributed by atoms with Gasteiger partial charge in [-0.05, 0) is 44.4 Å². The van der Waals surface area contributed by atoms with Crippen LogP contribution in [0.25, 0.3) is 0 Å². The van der Waals surface area contributed by atoms with Crippen LogP contribution in [0.15, 0.2) is 18.2 Å². The van der Waals surface area contributed by atoms with Crippen molar-refractivity contribution >= 4 is 29.2 Å². The Labute approximate surface area is 139 Å². The van der Waals surface area contributed by atoms with Crippen LogP contribution in [-0.4, -0.2) is 29.0 Å². The number of aliphatic carboxylic acids is 1. The molecule has 24 heavy (non-hydrogen) atoms. The second-order valence-corrected chi connectivity index (χ2v) is 6.35. The van der Waals surface area contributed by atoms with Crippen LogP contribution in [0, 0.1) is 11.8 Å². The fourth-order valence-corrected chi connectivity index (χ4v) is 3.18. The molecule has 0 saturated heterocycles. The van der Waals surface area contributed by atoms with Crippen LogP contribution in [0.1, 0.15) is 32.6 Å². The number of carbonyl (C=O) groups excluding carboxylic acids is 2. The van der Waals surface area contributed by atoms with E-state index in [-0.39, 0.29) is 17.7 Å². The number of fused-ring (bicyclic) bond motifs is 1. The van der Waals surface area contributed by atoms with Gasteiger partial charge >= 0.3 is 5.97 Å². The molecule has 1 aromatic carbocycles. The number of ether oxygens (including phenoxy) is 1. The highest BCUT2D eigenvalue weighted by molar-refractivity contribution is 5.99. The van der Waals surface area contributed by atoms with Gasteiger partial charge < -0.3 is 20.5 Å². The van der Waals surface area contributed by atoms with Crippen molar-refractivity contribution in [2.75, 3.05) is 10.6 Å². The molecule has 2 aliphatic rings. The summed E-state index contributed by atoms with van der Waals surface area (Å²) in [7, 11) is 0. The Morgan fingerprint density at radius 1 is 1.29 bits per heavy atom. The monoisotopic (exact) mass is 332 g/mol. The molecule has 1 heterocycles. The first kappa shape index (κ1) is 16.3. The van der Waals surface area contributed by atoms with Crippen molar-refractivity contribution < 1.29 is 24.2 Å². The SMILES string of the molecule is CC1Oc2ccc(NC(=O)C3CCCC(C(=O)O)C3)cc2NC1=O. The summed E-state index contributed by atoms with van der Waals surface area (Å²) in [6.45, 7) is 1.66. The van der Waals surface area contributed by atoms with E-state index in [0.29, 0.717) is 36.4 Å². The Kier molecular flexibility index (Phi) is 4.42. The molecular weight excluding hydrogens is 312 g/mol. The summed E-state index contributed by atoms with van der Waals surface area (Å²) in [5, 5.41) is 14.7. The summed E-state index contributed by atoms with van der Waals surface area (Å²) >= 11 is 0. The molecule has 1 fully saturated rings. The first-order valence-electron chi connectivity index (χ1n) is 8.09.